The lowest BCUT2D eigenvalue weighted by Gasteiger charge is -2.35. The second-order valence-corrected chi connectivity index (χ2v) is 4.90. The molecule has 90 valence electrons. The van der Waals surface area contributed by atoms with Gasteiger partial charge < -0.3 is 5.32 Å². The van der Waals surface area contributed by atoms with E-state index in [-0.39, 0.29) is 5.91 Å². The Balaban J connectivity index is 2.13. The second kappa shape index (κ2) is 4.14. The smallest absolute Gasteiger partial charge is 0.266 e. The van der Waals surface area contributed by atoms with Gasteiger partial charge in [-0.25, -0.2) is 0 Å². The van der Waals surface area contributed by atoms with Crippen LogP contribution in [0.25, 0.3) is 0 Å². The maximum atomic E-state index is 12.2. The summed E-state index contributed by atoms with van der Waals surface area (Å²) >= 11 is 3.41. The Morgan fingerprint density at radius 1 is 1.06 bits per heavy atom. The van der Waals surface area contributed by atoms with Crippen LogP contribution in [-0.2, 0) is 0 Å². The summed E-state index contributed by atoms with van der Waals surface area (Å²) in [5, 5.41) is 3.11. The number of benzene rings is 2. The molecular formula is C14H11BrN2O. The molecule has 0 saturated heterocycles. The van der Waals surface area contributed by atoms with Crippen molar-refractivity contribution in [1.29, 1.82) is 0 Å². The van der Waals surface area contributed by atoms with E-state index in [1.807, 2.05) is 49.5 Å². The highest BCUT2D eigenvalue weighted by atomic mass is 79.9. The van der Waals surface area contributed by atoms with Crippen LogP contribution in [0.2, 0.25) is 0 Å². The first-order valence-corrected chi connectivity index (χ1v) is 6.43. The molecule has 0 fully saturated rings. The second-order valence-electron chi connectivity index (χ2n) is 4.04. The highest BCUT2D eigenvalue weighted by Gasteiger charge is 2.36. The largest absolute Gasteiger partial charge is 0.386 e. The molecule has 18 heavy (non-hydrogen) atoms. The van der Waals surface area contributed by atoms with Crippen LogP contribution in [0.4, 0.5) is 17.1 Å². The van der Waals surface area contributed by atoms with Crippen LogP contribution in [0.15, 0.2) is 46.9 Å². The minimum atomic E-state index is 0.0279. The number of para-hydroxylation sites is 2. The number of hydrogen-bond donors (Lipinski definition) is 1. The number of hydrogen-bond acceptors (Lipinski definition) is 2. The van der Waals surface area contributed by atoms with Crippen molar-refractivity contribution in [3.8, 4) is 0 Å². The van der Waals surface area contributed by atoms with Gasteiger partial charge in [0.15, 0.2) is 0 Å². The van der Waals surface area contributed by atoms with E-state index in [4.69, 9.17) is 0 Å². The van der Waals surface area contributed by atoms with Gasteiger partial charge in [0.05, 0.1) is 22.6 Å². The van der Waals surface area contributed by atoms with Crippen molar-refractivity contribution < 1.29 is 4.79 Å². The number of carbonyl (C=O) groups is 1. The summed E-state index contributed by atoms with van der Waals surface area (Å²) in [6.07, 6.45) is 0. The van der Waals surface area contributed by atoms with E-state index in [0.717, 1.165) is 27.1 Å². The number of amides is 1. The first kappa shape index (κ1) is 11.3. The van der Waals surface area contributed by atoms with Crippen LogP contribution >= 0.6 is 15.9 Å². The van der Waals surface area contributed by atoms with Crippen LogP contribution in [0.5, 0.6) is 0 Å². The summed E-state index contributed by atoms with van der Waals surface area (Å²) in [5.74, 6) is 0.0279. The van der Waals surface area contributed by atoms with E-state index in [2.05, 4.69) is 21.2 Å². The monoisotopic (exact) mass is 302 g/mol. The van der Waals surface area contributed by atoms with Gasteiger partial charge in [-0.15, -0.1) is 0 Å². The summed E-state index contributed by atoms with van der Waals surface area (Å²) in [6.45, 7) is 0. The molecule has 1 heterocycles. The fourth-order valence-electron chi connectivity index (χ4n) is 2.20. The molecule has 0 saturated carbocycles. The van der Waals surface area contributed by atoms with Gasteiger partial charge in [-0.1, -0.05) is 18.2 Å². The highest BCUT2D eigenvalue weighted by molar-refractivity contribution is 9.10. The molecule has 0 bridgehead atoms. The standard InChI is InChI=1S/C14H11BrN2O/c1-16-10-6-2-3-7-11(10)17-12-8-4-5-9(15)13(12)14(17)18/h2-8,16H,1H3. The van der Waals surface area contributed by atoms with Gasteiger partial charge in [-0.2, -0.15) is 0 Å². The van der Waals surface area contributed by atoms with E-state index in [9.17, 15) is 4.79 Å². The molecule has 0 atom stereocenters. The molecule has 0 unspecified atom stereocenters. The Bertz CT molecular complexity index is 639. The highest BCUT2D eigenvalue weighted by Crippen LogP contribution is 2.44. The molecule has 3 rings (SSSR count). The molecule has 1 N–H and O–H groups in total. The van der Waals surface area contributed by atoms with Crippen LogP contribution in [0, 0.1) is 0 Å². The Kier molecular flexibility index (Phi) is 2.59. The number of rotatable bonds is 2. The van der Waals surface area contributed by atoms with Crippen molar-refractivity contribution in [3.63, 3.8) is 0 Å². The molecule has 0 radical (unpaired) electrons. The zero-order chi connectivity index (χ0) is 12.7. The van der Waals surface area contributed by atoms with Crippen molar-refractivity contribution >= 4 is 38.9 Å². The van der Waals surface area contributed by atoms with Crippen LogP contribution in [0.1, 0.15) is 10.4 Å². The lowest BCUT2D eigenvalue weighted by atomic mass is 10.0. The maximum Gasteiger partial charge on any atom is 0.266 e. The number of halogens is 1. The fourth-order valence-corrected chi connectivity index (χ4v) is 2.72. The van der Waals surface area contributed by atoms with Gasteiger partial charge in [-0.3, -0.25) is 9.69 Å². The molecule has 2 aromatic carbocycles. The zero-order valence-electron chi connectivity index (χ0n) is 9.77. The first-order chi connectivity index (χ1) is 8.74. The van der Waals surface area contributed by atoms with Crippen molar-refractivity contribution in [3.05, 3.63) is 52.5 Å². The topological polar surface area (TPSA) is 32.3 Å². The Morgan fingerprint density at radius 3 is 2.56 bits per heavy atom. The van der Waals surface area contributed by atoms with Gasteiger partial charge in [0.2, 0.25) is 0 Å². The first-order valence-electron chi connectivity index (χ1n) is 5.64. The molecule has 4 heteroatoms. The molecule has 1 aliphatic rings. The molecule has 0 spiro atoms. The summed E-state index contributed by atoms with van der Waals surface area (Å²) in [7, 11) is 1.85. The predicted octanol–water partition coefficient (Wildman–Crippen LogP) is 3.78. The number of anilines is 3. The lowest BCUT2D eigenvalue weighted by Crippen LogP contribution is -2.37. The number of nitrogens with one attached hydrogen (secondary N) is 1. The number of nitrogens with zero attached hydrogens (tertiary/aromatic N) is 1. The molecule has 2 aromatic rings. The van der Waals surface area contributed by atoms with E-state index in [1.165, 1.54) is 0 Å². The summed E-state index contributed by atoms with van der Waals surface area (Å²) in [4.78, 5) is 13.9. The molecular weight excluding hydrogens is 292 g/mol. The maximum absolute atomic E-state index is 12.2. The van der Waals surface area contributed by atoms with Crippen LogP contribution in [-0.4, -0.2) is 13.0 Å². The average Bonchev–Trinajstić information content (AvgIpc) is 2.38. The fraction of sp³-hybridized carbons (Fsp3) is 0.0714. The van der Waals surface area contributed by atoms with Crippen LogP contribution in [0.3, 0.4) is 0 Å². The van der Waals surface area contributed by atoms with Crippen molar-refractivity contribution in [2.24, 2.45) is 0 Å². The van der Waals surface area contributed by atoms with E-state index < -0.39 is 0 Å². The Hall–Kier alpha value is -1.81. The van der Waals surface area contributed by atoms with E-state index in [1.54, 1.807) is 4.90 Å². The molecule has 1 amide bonds. The van der Waals surface area contributed by atoms with Crippen molar-refractivity contribution in [2.75, 3.05) is 17.3 Å². The van der Waals surface area contributed by atoms with E-state index in [0.29, 0.717) is 0 Å². The predicted molar refractivity (Wildman–Crippen MR) is 76.6 cm³/mol. The molecule has 0 aromatic heterocycles. The Labute approximate surface area is 114 Å². The molecule has 3 nitrogen and oxygen atoms in total. The van der Waals surface area contributed by atoms with Gasteiger partial charge in [-0.05, 0) is 40.2 Å². The summed E-state index contributed by atoms with van der Waals surface area (Å²) in [6, 6.07) is 13.5. The third-order valence-corrected chi connectivity index (χ3v) is 3.72. The summed E-state index contributed by atoms with van der Waals surface area (Å²) in [5.41, 5.74) is 3.52. The van der Waals surface area contributed by atoms with Crippen molar-refractivity contribution in [1.82, 2.24) is 0 Å². The lowest BCUT2D eigenvalue weighted by molar-refractivity contribution is 0.0980. The minimum absolute atomic E-state index is 0.0279. The Morgan fingerprint density at radius 2 is 1.78 bits per heavy atom. The molecule has 0 aliphatic carbocycles. The minimum Gasteiger partial charge on any atom is -0.386 e. The third kappa shape index (κ3) is 1.46. The van der Waals surface area contributed by atoms with Gasteiger partial charge in [0, 0.05) is 11.5 Å². The van der Waals surface area contributed by atoms with Gasteiger partial charge in [0.1, 0.15) is 0 Å². The average molecular weight is 303 g/mol. The number of fused-ring (bicyclic) bond motifs is 1. The quantitative estimate of drug-likeness (QED) is 0.915. The van der Waals surface area contributed by atoms with Gasteiger partial charge >= 0.3 is 0 Å². The zero-order valence-corrected chi connectivity index (χ0v) is 11.4. The van der Waals surface area contributed by atoms with Crippen LogP contribution < -0.4 is 10.2 Å². The molecule has 1 aliphatic heterocycles. The third-order valence-electron chi connectivity index (χ3n) is 3.06. The van der Waals surface area contributed by atoms with Crippen molar-refractivity contribution in [2.45, 2.75) is 0 Å². The summed E-state index contributed by atoms with van der Waals surface area (Å²) < 4.78 is 0.850. The number of carbonyl (C=O) groups excluding carboxylic acids is 1. The van der Waals surface area contributed by atoms with Gasteiger partial charge in [0.25, 0.3) is 5.91 Å². The normalized spacial score (nSPS) is 13.0. The SMILES string of the molecule is CNc1ccccc1N1C(=O)c2c(Br)cccc21. The van der Waals surface area contributed by atoms with E-state index >= 15 is 0 Å².